The van der Waals surface area contributed by atoms with Crippen LogP contribution in [-0.2, 0) is 9.53 Å². The number of hydrogen-bond acceptors (Lipinski definition) is 6. The minimum atomic E-state index is -0.325. The molecule has 0 aromatic carbocycles. The Morgan fingerprint density at radius 1 is 1.78 bits per heavy atom. The number of amidine groups is 1. The zero-order chi connectivity index (χ0) is 13.5. The van der Waals surface area contributed by atoms with Crippen LogP contribution in [0.25, 0.3) is 0 Å². The molecule has 102 valence electrons. The van der Waals surface area contributed by atoms with Gasteiger partial charge in [-0.3, -0.25) is 4.99 Å². The van der Waals surface area contributed by atoms with Gasteiger partial charge in [-0.25, -0.2) is 4.99 Å². The van der Waals surface area contributed by atoms with Gasteiger partial charge in [0.05, 0.1) is 25.4 Å². The lowest BCUT2D eigenvalue weighted by molar-refractivity contribution is -0.111. The van der Waals surface area contributed by atoms with E-state index in [0.717, 1.165) is 6.29 Å². The fourth-order valence-corrected chi connectivity index (χ4v) is 1.70. The summed E-state index contributed by atoms with van der Waals surface area (Å²) in [5.74, 6) is 0.193. The number of hydrogen-bond donors (Lipinski definition) is 2. The molecule has 0 fully saturated rings. The van der Waals surface area contributed by atoms with E-state index >= 15 is 0 Å². The highest BCUT2D eigenvalue weighted by Crippen LogP contribution is 2.21. The van der Waals surface area contributed by atoms with E-state index in [2.05, 4.69) is 9.98 Å². The Kier molecular flexibility index (Phi) is 5.73. The molecule has 18 heavy (non-hydrogen) atoms. The van der Waals surface area contributed by atoms with Gasteiger partial charge in [-0.15, -0.1) is 0 Å². The second-order valence-corrected chi connectivity index (χ2v) is 4.21. The Labute approximate surface area is 106 Å². The average Bonchev–Trinajstić information content (AvgIpc) is 2.71. The van der Waals surface area contributed by atoms with Crippen LogP contribution in [0.5, 0.6) is 0 Å². The summed E-state index contributed by atoms with van der Waals surface area (Å²) >= 11 is 0. The van der Waals surface area contributed by atoms with Crippen LogP contribution in [0, 0.1) is 5.92 Å². The third-order valence-corrected chi connectivity index (χ3v) is 2.60. The van der Waals surface area contributed by atoms with Crippen LogP contribution in [-0.4, -0.2) is 60.6 Å². The van der Waals surface area contributed by atoms with E-state index in [-0.39, 0.29) is 38.1 Å². The average molecular weight is 256 g/mol. The van der Waals surface area contributed by atoms with Gasteiger partial charge in [0.1, 0.15) is 25.2 Å². The van der Waals surface area contributed by atoms with E-state index in [0.29, 0.717) is 5.84 Å². The van der Waals surface area contributed by atoms with E-state index in [1.807, 2.05) is 0 Å². The van der Waals surface area contributed by atoms with Crippen molar-refractivity contribution in [3.8, 4) is 0 Å². The van der Waals surface area contributed by atoms with Crippen LogP contribution in [0.4, 0.5) is 0 Å². The minimum Gasteiger partial charge on any atom is -0.394 e. The first-order valence-corrected chi connectivity index (χ1v) is 5.83. The first kappa shape index (κ1) is 14.6. The van der Waals surface area contributed by atoms with Crippen LogP contribution >= 0.6 is 0 Å². The summed E-state index contributed by atoms with van der Waals surface area (Å²) in [5.41, 5.74) is 5.59. The van der Waals surface area contributed by atoms with Crippen LogP contribution in [0.2, 0.25) is 0 Å². The molecule has 0 aromatic rings. The normalized spacial score (nSPS) is 25.5. The lowest BCUT2D eigenvalue weighted by Crippen LogP contribution is -2.40. The molecule has 7 nitrogen and oxygen atoms in total. The molecule has 0 bridgehead atoms. The van der Waals surface area contributed by atoms with Crippen LogP contribution in [0.15, 0.2) is 9.98 Å². The number of nitrogens with two attached hydrogens (primary N) is 1. The SMILES string of the molecule is CC(N)=NC1C(C(C)C=O)N=CN1COCCO. The number of rotatable bonds is 7. The van der Waals surface area contributed by atoms with Crippen molar-refractivity contribution < 1.29 is 14.6 Å². The molecule has 1 aliphatic rings. The Morgan fingerprint density at radius 2 is 2.50 bits per heavy atom. The van der Waals surface area contributed by atoms with Crippen molar-refractivity contribution in [2.24, 2.45) is 21.6 Å². The van der Waals surface area contributed by atoms with Crippen molar-refractivity contribution in [3.63, 3.8) is 0 Å². The molecular formula is C11H20N4O3. The van der Waals surface area contributed by atoms with E-state index in [1.165, 1.54) is 0 Å². The molecule has 3 unspecified atom stereocenters. The molecule has 0 aromatic heterocycles. The maximum Gasteiger partial charge on any atom is 0.148 e. The first-order valence-electron chi connectivity index (χ1n) is 5.83. The molecule has 0 spiro atoms. The Morgan fingerprint density at radius 3 is 3.06 bits per heavy atom. The maximum absolute atomic E-state index is 10.9. The molecule has 3 atom stereocenters. The van der Waals surface area contributed by atoms with Gasteiger partial charge in [0.25, 0.3) is 0 Å². The number of carbonyl (C=O) groups excluding carboxylic acids is 1. The summed E-state index contributed by atoms with van der Waals surface area (Å²) in [5, 5.41) is 8.66. The molecule has 0 amide bonds. The summed E-state index contributed by atoms with van der Waals surface area (Å²) in [7, 11) is 0. The predicted octanol–water partition coefficient (Wildman–Crippen LogP) is -0.796. The number of aliphatic hydroxyl groups excluding tert-OH is 1. The number of aliphatic imine (C=N–C) groups is 2. The highest BCUT2D eigenvalue weighted by Gasteiger charge is 2.34. The standard InChI is InChI=1S/C11H20N4O3/c1-8(5-17)10-11(14-9(2)12)15(6-13-10)7-18-4-3-16/h5-6,8,10-11,16H,3-4,7H2,1-2H3,(H2,12,14). The number of aliphatic hydroxyl groups is 1. The Bertz CT molecular complexity index is 328. The Hall–Kier alpha value is -1.47. The summed E-state index contributed by atoms with van der Waals surface area (Å²) in [6.07, 6.45) is 2.14. The van der Waals surface area contributed by atoms with Gasteiger partial charge in [0.15, 0.2) is 0 Å². The van der Waals surface area contributed by atoms with Gasteiger partial charge in [0, 0.05) is 5.92 Å². The van der Waals surface area contributed by atoms with Crippen molar-refractivity contribution >= 4 is 18.5 Å². The number of ether oxygens (including phenoxy) is 1. The molecule has 0 radical (unpaired) electrons. The molecule has 1 aliphatic heterocycles. The summed E-state index contributed by atoms with van der Waals surface area (Å²) in [6, 6.07) is -0.251. The van der Waals surface area contributed by atoms with Gasteiger partial charge < -0.3 is 25.3 Å². The zero-order valence-corrected chi connectivity index (χ0v) is 10.7. The molecule has 0 saturated heterocycles. The van der Waals surface area contributed by atoms with Crippen molar-refractivity contribution in [1.29, 1.82) is 0 Å². The monoisotopic (exact) mass is 256 g/mol. The second-order valence-electron chi connectivity index (χ2n) is 4.21. The maximum atomic E-state index is 10.9. The van der Waals surface area contributed by atoms with Crippen LogP contribution in [0.1, 0.15) is 13.8 Å². The highest BCUT2D eigenvalue weighted by atomic mass is 16.5. The van der Waals surface area contributed by atoms with Crippen molar-refractivity contribution in [2.75, 3.05) is 19.9 Å². The van der Waals surface area contributed by atoms with Crippen molar-refractivity contribution in [2.45, 2.75) is 26.1 Å². The molecule has 3 N–H and O–H groups in total. The van der Waals surface area contributed by atoms with E-state index in [4.69, 9.17) is 15.6 Å². The third kappa shape index (κ3) is 3.78. The molecule has 0 saturated carbocycles. The van der Waals surface area contributed by atoms with Crippen LogP contribution < -0.4 is 5.73 Å². The van der Waals surface area contributed by atoms with Gasteiger partial charge >= 0.3 is 0 Å². The Balaban J connectivity index is 2.70. The summed E-state index contributed by atoms with van der Waals surface area (Å²) in [4.78, 5) is 21.2. The molecular weight excluding hydrogens is 236 g/mol. The molecule has 1 heterocycles. The predicted molar refractivity (Wildman–Crippen MR) is 68.3 cm³/mol. The summed E-state index contributed by atoms with van der Waals surface area (Å²) in [6.45, 7) is 3.95. The second kappa shape index (κ2) is 7.07. The lowest BCUT2D eigenvalue weighted by atomic mass is 10.0. The fraction of sp³-hybridized carbons (Fsp3) is 0.727. The largest absolute Gasteiger partial charge is 0.394 e. The number of carbonyl (C=O) groups is 1. The number of aldehydes is 1. The van der Waals surface area contributed by atoms with Gasteiger partial charge in [-0.05, 0) is 6.92 Å². The van der Waals surface area contributed by atoms with Gasteiger partial charge in [-0.2, -0.15) is 0 Å². The van der Waals surface area contributed by atoms with E-state index < -0.39 is 0 Å². The number of nitrogens with zero attached hydrogens (tertiary/aromatic N) is 3. The topological polar surface area (TPSA) is 101 Å². The molecule has 7 heteroatoms. The zero-order valence-electron chi connectivity index (χ0n) is 10.7. The van der Waals surface area contributed by atoms with E-state index in [9.17, 15) is 4.79 Å². The third-order valence-electron chi connectivity index (χ3n) is 2.60. The van der Waals surface area contributed by atoms with E-state index in [1.54, 1.807) is 25.1 Å². The van der Waals surface area contributed by atoms with Gasteiger partial charge in [-0.1, -0.05) is 6.92 Å². The van der Waals surface area contributed by atoms with Gasteiger partial charge in [0.2, 0.25) is 0 Å². The first-order chi connectivity index (χ1) is 8.60. The molecule has 0 aliphatic carbocycles. The summed E-state index contributed by atoms with van der Waals surface area (Å²) < 4.78 is 5.23. The minimum absolute atomic E-state index is 0.0387. The van der Waals surface area contributed by atoms with Crippen LogP contribution in [0.3, 0.4) is 0 Å². The fourth-order valence-electron chi connectivity index (χ4n) is 1.70. The molecule has 1 rings (SSSR count). The smallest absolute Gasteiger partial charge is 0.148 e. The lowest BCUT2D eigenvalue weighted by Gasteiger charge is -2.26. The van der Waals surface area contributed by atoms with Crippen molar-refractivity contribution in [1.82, 2.24) is 4.90 Å². The highest BCUT2D eigenvalue weighted by molar-refractivity contribution is 5.78. The van der Waals surface area contributed by atoms with Crippen molar-refractivity contribution in [3.05, 3.63) is 0 Å². The quantitative estimate of drug-likeness (QED) is 0.269.